The first kappa shape index (κ1) is 24.5. The maximum Gasteiger partial charge on any atom is 0.252 e. The normalized spacial score (nSPS) is 12.7. The van der Waals surface area contributed by atoms with Gasteiger partial charge in [0.15, 0.2) is 0 Å². The average Bonchev–Trinajstić information content (AvgIpc) is 2.96. The highest BCUT2D eigenvalue weighted by atomic mass is 32.2. The molecule has 5 rings (SSSR count). The number of fused-ring (bicyclic) bond motifs is 1. The van der Waals surface area contributed by atoms with Crippen molar-refractivity contribution >= 4 is 27.6 Å². The third-order valence-electron chi connectivity index (χ3n) is 6.37. The molecule has 0 aliphatic heterocycles. The standard InChI is InChI=1S/C31H27N3O2S/c1-2-27(22-11-5-3-6-12-22)34-31(35)29-25-15-9-10-16-28(25)33-30(23-13-7-4-8-14-23)26(29)21-37(36)24-17-19-32-20-18-24/h3-20,27H,2,21H2,1H3,(H,34,35)/t27-,37?/m0/s1. The smallest absolute Gasteiger partial charge is 0.252 e. The number of aromatic nitrogens is 2. The van der Waals surface area contributed by atoms with Crippen molar-refractivity contribution in [3.05, 3.63) is 126 Å². The molecule has 0 bridgehead atoms. The molecule has 0 spiro atoms. The maximum atomic E-state index is 14.1. The van der Waals surface area contributed by atoms with Gasteiger partial charge in [0.2, 0.25) is 0 Å². The minimum Gasteiger partial charge on any atom is -0.345 e. The largest absolute Gasteiger partial charge is 0.345 e. The molecule has 1 unspecified atom stereocenters. The zero-order chi connectivity index (χ0) is 25.6. The van der Waals surface area contributed by atoms with Crippen molar-refractivity contribution < 1.29 is 9.00 Å². The highest BCUT2D eigenvalue weighted by Crippen LogP contribution is 2.33. The number of benzene rings is 3. The molecule has 1 amide bonds. The van der Waals surface area contributed by atoms with Crippen LogP contribution in [0.15, 0.2) is 114 Å². The lowest BCUT2D eigenvalue weighted by Gasteiger charge is -2.21. The van der Waals surface area contributed by atoms with E-state index in [-0.39, 0.29) is 17.7 Å². The van der Waals surface area contributed by atoms with Crippen molar-refractivity contribution in [1.29, 1.82) is 0 Å². The van der Waals surface area contributed by atoms with E-state index < -0.39 is 10.8 Å². The highest BCUT2D eigenvalue weighted by Gasteiger charge is 2.25. The lowest BCUT2D eigenvalue weighted by molar-refractivity contribution is 0.0936. The molecule has 5 aromatic rings. The summed E-state index contributed by atoms with van der Waals surface area (Å²) >= 11 is 0. The van der Waals surface area contributed by atoms with E-state index >= 15 is 0 Å². The van der Waals surface area contributed by atoms with Crippen LogP contribution in [0.2, 0.25) is 0 Å². The molecular weight excluding hydrogens is 478 g/mol. The van der Waals surface area contributed by atoms with E-state index in [1.807, 2.05) is 84.9 Å². The first-order valence-electron chi connectivity index (χ1n) is 12.3. The number of rotatable bonds is 8. The molecule has 2 atom stereocenters. The second-order valence-corrected chi connectivity index (χ2v) is 10.2. The summed E-state index contributed by atoms with van der Waals surface area (Å²) in [7, 11) is -1.40. The van der Waals surface area contributed by atoms with Crippen molar-refractivity contribution in [2.45, 2.75) is 30.0 Å². The maximum absolute atomic E-state index is 14.1. The van der Waals surface area contributed by atoms with Crippen molar-refractivity contribution in [1.82, 2.24) is 15.3 Å². The number of hydrogen-bond acceptors (Lipinski definition) is 4. The molecule has 0 aliphatic rings. The molecule has 0 aliphatic carbocycles. The fraction of sp³-hybridized carbons (Fsp3) is 0.129. The van der Waals surface area contributed by atoms with Gasteiger partial charge in [0.05, 0.1) is 39.4 Å². The van der Waals surface area contributed by atoms with E-state index in [9.17, 15) is 9.00 Å². The second-order valence-electron chi connectivity index (χ2n) is 8.71. The highest BCUT2D eigenvalue weighted by molar-refractivity contribution is 7.84. The van der Waals surface area contributed by atoms with Crippen molar-refractivity contribution in [3.8, 4) is 11.3 Å². The minimum atomic E-state index is -1.40. The summed E-state index contributed by atoms with van der Waals surface area (Å²) in [5.41, 5.74) is 4.49. The summed E-state index contributed by atoms with van der Waals surface area (Å²) in [6.45, 7) is 2.05. The Balaban J connectivity index is 1.68. The number of carbonyl (C=O) groups excluding carboxylic acids is 1. The molecule has 0 radical (unpaired) electrons. The Bertz CT molecular complexity index is 1540. The molecule has 2 aromatic heterocycles. The lowest BCUT2D eigenvalue weighted by Crippen LogP contribution is -2.29. The molecule has 0 saturated heterocycles. The minimum absolute atomic E-state index is 0.150. The third-order valence-corrected chi connectivity index (χ3v) is 7.72. The number of nitrogens with one attached hydrogen (secondary N) is 1. The molecule has 37 heavy (non-hydrogen) atoms. The van der Waals surface area contributed by atoms with Crippen LogP contribution in [0.25, 0.3) is 22.2 Å². The van der Waals surface area contributed by atoms with E-state index in [1.54, 1.807) is 24.5 Å². The Hall–Kier alpha value is -4.16. The lowest BCUT2D eigenvalue weighted by atomic mass is 9.96. The topological polar surface area (TPSA) is 72.0 Å². The molecular formula is C31H27N3O2S. The summed E-state index contributed by atoms with van der Waals surface area (Å²) in [5.74, 6) is -0.0510. The van der Waals surface area contributed by atoms with Crippen LogP contribution in [-0.4, -0.2) is 20.1 Å². The van der Waals surface area contributed by atoms with Crippen LogP contribution in [-0.2, 0) is 16.6 Å². The molecule has 2 heterocycles. The van der Waals surface area contributed by atoms with Crippen LogP contribution >= 0.6 is 0 Å². The molecule has 0 fully saturated rings. The van der Waals surface area contributed by atoms with E-state index in [4.69, 9.17) is 4.98 Å². The second kappa shape index (κ2) is 11.3. The van der Waals surface area contributed by atoms with Gasteiger partial charge in [-0.3, -0.25) is 14.0 Å². The molecule has 0 saturated carbocycles. The SMILES string of the molecule is CC[C@H](NC(=O)c1c(CS(=O)c2ccncc2)c(-c2ccccc2)nc2ccccc12)c1ccccc1. The number of amides is 1. The van der Waals surface area contributed by atoms with Crippen molar-refractivity contribution in [2.75, 3.05) is 0 Å². The van der Waals surface area contributed by atoms with Gasteiger partial charge in [-0.25, -0.2) is 4.98 Å². The fourth-order valence-corrected chi connectivity index (χ4v) is 5.66. The van der Waals surface area contributed by atoms with E-state index in [1.165, 1.54) is 0 Å². The van der Waals surface area contributed by atoms with Gasteiger partial charge in [-0.1, -0.05) is 85.8 Å². The molecule has 5 nitrogen and oxygen atoms in total. The molecule has 6 heteroatoms. The van der Waals surface area contributed by atoms with Gasteiger partial charge in [0.25, 0.3) is 5.91 Å². The van der Waals surface area contributed by atoms with Crippen molar-refractivity contribution in [3.63, 3.8) is 0 Å². The number of nitrogens with zero attached hydrogens (tertiary/aromatic N) is 2. The van der Waals surface area contributed by atoms with E-state index in [0.29, 0.717) is 21.7 Å². The number of hydrogen-bond donors (Lipinski definition) is 1. The summed E-state index contributed by atoms with van der Waals surface area (Å²) < 4.78 is 13.5. The Labute approximate surface area is 219 Å². The predicted molar refractivity (Wildman–Crippen MR) is 148 cm³/mol. The Morgan fingerprint density at radius 3 is 2.22 bits per heavy atom. The summed E-state index contributed by atoms with van der Waals surface area (Å²) in [6.07, 6.45) is 4.00. The van der Waals surface area contributed by atoms with Gasteiger partial charge in [-0.05, 0) is 30.2 Å². The average molecular weight is 506 g/mol. The van der Waals surface area contributed by atoms with Gasteiger partial charge >= 0.3 is 0 Å². The Morgan fingerprint density at radius 2 is 1.51 bits per heavy atom. The van der Waals surface area contributed by atoms with Gasteiger partial charge in [0, 0.05) is 33.8 Å². The monoisotopic (exact) mass is 505 g/mol. The Morgan fingerprint density at radius 1 is 0.865 bits per heavy atom. The fourth-order valence-electron chi connectivity index (χ4n) is 4.53. The zero-order valence-corrected chi connectivity index (χ0v) is 21.3. The first-order chi connectivity index (χ1) is 18.2. The van der Waals surface area contributed by atoms with E-state index in [0.717, 1.165) is 28.5 Å². The van der Waals surface area contributed by atoms with Crippen LogP contribution in [0, 0.1) is 0 Å². The number of carbonyl (C=O) groups is 1. The van der Waals surface area contributed by atoms with Gasteiger partial charge in [-0.15, -0.1) is 0 Å². The van der Waals surface area contributed by atoms with Crippen LogP contribution in [0.5, 0.6) is 0 Å². The molecule has 3 aromatic carbocycles. The quantitative estimate of drug-likeness (QED) is 0.262. The Kier molecular flexibility index (Phi) is 7.47. The van der Waals surface area contributed by atoms with Crippen LogP contribution in [0.3, 0.4) is 0 Å². The first-order valence-corrected chi connectivity index (χ1v) is 13.6. The summed E-state index contributed by atoms with van der Waals surface area (Å²) in [5, 5.41) is 3.99. The van der Waals surface area contributed by atoms with E-state index in [2.05, 4.69) is 17.2 Å². The summed E-state index contributed by atoms with van der Waals surface area (Å²) in [4.78, 5) is 23.7. The molecule has 184 valence electrons. The third kappa shape index (κ3) is 5.34. The molecule has 1 N–H and O–H groups in total. The van der Waals surface area contributed by atoms with Crippen LogP contribution in [0.1, 0.15) is 40.9 Å². The van der Waals surface area contributed by atoms with Gasteiger partial charge in [0.1, 0.15) is 0 Å². The number of para-hydroxylation sites is 1. The predicted octanol–water partition coefficient (Wildman–Crippen LogP) is 6.49. The van der Waals surface area contributed by atoms with Gasteiger partial charge in [-0.2, -0.15) is 0 Å². The van der Waals surface area contributed by atoms with Crippen LogP contribution < -0.4 is 5.32 Å². The van der Waals surface area contributed by atoms with Crippen molar-refractivity contribution in [2.24, 2.45) is 0 Å². The van der Waals surface area contributed by atoms with Crippen LogP contribution in [0.4, 0.5) is 0 Å². The number of pyridine rings is 2. The summed E-state index contributed by atoms with van der Waals surface area (Å²) in [6, 6.07) is 30.7. The zero-order valence-electron chi connectivity index (χ0n) is 20.5. The van der Waals surface area contributed by atoms with Gasteiger partial charge < -0.3 is 5.32 Å².